The van der Waals surface area contributed by atoms with Crippen molar-refractivity contribution in [2.24, 2.45) is 5.92 Å². The number of carbonyl (C=O) groups is 2. The van der Waals surface area contributed by atoms with Gasteiger partial charge in [-0.1, -0.05) is 11.3 Å². The van der Waals surface area contributed by atoms with E-state index < -0.39 is 5.97 Å². The first kappa shape index (κ1) is 17.9. The largest absolute Gasteiger partial charge is 0.477 e. The minimum atomic E-state index is -1.05. The van der Waals surface area contributed by atoms with Gasteiger partial charge in [0.2, 0.25) is 5.91 Å². The molecule has 1 fully saturated rings. The third kappa shape index (κ3) is 3.29. The maximum atomic E-state index is 13.0. The second kappa shape index (κ2) is 7.03. The van der Waals surface area contributed by atoms with E-state index in [1.807, 2.05) is 16.3 Å². The van der Waals surface area contributed by atoms with Gasteiger partial charge >= 0.3 is 5.97 Å². The fraction of sp³-hybridized carbons (Fsp3) is 0.368. The number of carbonyl (C=O) groups excluding carboxylic acids is 1. The molecule has 1 N–H and O–H groups in total. The summed E-state index contributed by atoms with van der Waals surface area (Å²) in [4.78, 5) is 34.4. The molecule has 1 amide bonds. The van der Waals surface area contributed by atoms with Crippen molar-refractivity contribution in [2.45, 2.75) is 38.4 Å². The number of carboxylic acid groups (broad SMARTS) is 1. The van der Waals surface area contributed by atoms with Gasteiger partial charge < -0.3 is 10.0 Å². The molecule has 2 aliphatic rings. The molecule has 0 radical (unpaired) electrons. The first-order valence-corrected chi connectivity index (χ1v) is 10.3. The molecule has 0 saturated heterocycles. The van der Waals surface area contributed by atoms with Crippen LogP contribution in [0.5, 0.6) is 0 Å². The smallest absolute Gasteiger partial charge is 0.354 e. The highest BCUT2D eigenvalue weighted by Gasteiger charge is 2.36. The summed E-state index contributed by atoms with van der Waals surface area (Å²) in [5, 5.41) is 20.3. The number of hydrogen-bond donors (Lipinski definition) is 1. The standard InChI is InChI=1S/C19H18N6O3S/c26-18(24-8-12-2-4-14(19(27)28)21-15(12)9-24)11-1-3-13(7-11)25-10-16(22-23-25)17-20-5-6-29-17/h2,4-6,10-11,13H,1,3,7-9H2,(H,27,28). The average Bonchev–Trinajstić information content (AvgIpc) is 3.52. The van der Waals surface area contributed by atoms with Gasteiger partial charge in [0.15, 0.2) is 0 Å². The van der Waals surface area contributed by atoms with Crippen molar-refractivity contribution in [1.82, 2.24) is 29.9 Å². The molecule has 1 aliphatic heterocycles. The van der Waals surface area contributed by atoms with Crippen molar-refractivity contribution >= 4 is 23.2 Å². The van der Waals surface area contributed by atoms with Gasteiger partial charge in [-0.2, -0.15) is 0 Å². The molecule has 5 rings (SSSR count). The van der Waals surface area contributed by atoms with E-state index in [4.69, 9.17) is 5.11 Å². The van der Waals surface area contributed by atoms with Gasteiger partial charge in [0.1, 0.15) is 16.4 Å². The van der Waals surface area contributed by atoms with Crippen LogP contribution in [0.15, 0.2) is 29.9 Å². The van der Waals surface area contributed by atoms with Crippen molar-refractivity contribution in [3.8, 4) is 10.7 Å². The molecule has 0 bridgehead atoms. The summed E-state index contributed by atoms with van der Waals surface area (Å²) in [6.07, 6.45) is 6.04. The van der Waals surface area contributed by atoms with E-state index in [1.54, 1.807) is 17.2 Å². The minimum absolute atomic E-state index is 0.0150. The quantitative estimate of drug-likeness (QED) is 0.702. The zero-order valence-corrected chi connectivity index (χ0v) is 16.2. The van der Waals surface area contributed by atoms with E-state index in [-0.39, 0.29) is 23.6 Å². The third-order valence-corrected chi connectivity index (χ3v) is 6.39. The Bertz CT molecular complexity index is 1080. The van der Waals surface area contributed by atoms with E-state index in [1.165, 1.54) is 17.4 Å². The predicted molar refractivity (Wildman–Crippen MR) is 103 cm³/mol. The number of aromatic carboxylic acids is 1. The lowest BCUT2D eigenvalue weighted by molar-refractivity contribution is -0.136. The fourth-order valence-electron chi connectivity index (χ4n) is 4.11. The lowest BCUT2D eigenvalue weighted by Crippen LogP contribution is -2.31. The van der Waals surface area contributed by atoms with Gasteiger partial charge in [0.25, 0.3) is 0 Å². The first-order valence-electron chi connectivity index (χ1n) is 9.41. The molecule has 2 atom stereocenters. The zero-order chi connectivity index (χ0) is 20.0. The Morgan fingerprint density at radius 3 is 2.90 bits per heavy atom. The number of aromatic nitrogens is 5. The molecule has 148 valence electrons. The molecule has 1 aliphatic carbocycles. The summed E-state index contributed by atoms with van der Waals surface area (Å²) in [6.45, 7) is 0.855. The molecule has 0 aromatic carbocycles. The van der Waals surface area contributed by atoms with E-state index in [2.05, 4.69) is 20.3 Å². The topological polar surface area (TPSA) is 114 Å². The van der Waals surface area contributed by atoms with Gasteiger partial charge in [0, 0.05) is 24.0 Å². The van der Waals surface area contributed by atoms with Gasteiger partial charge in [0.05, 0.1) is 24.5 Å². The van der Waals surface area contributed by atoms with Gasteiger partial charge in [-0.05, 0) is 30.9 Å². The van der Waals surface area contributed by atoms with Crippen LogP contribution in [0.25, 0.3) is 10.7 Å². The molecule has 1 saturated carbocycles. The molecule has 0 spiro atoms. The van der Waals surface area contributed by atoms with Crippen molar-refractivity contribution < 1.29 is 14.7 Å². The van der Waals surface area contributed by atoms with Crippen LogP contribution in [0, 0.1) is 5.92 Å². The van der Waals surface area contributed by atoms with E-state index >= 15 is 0 Å². The molecule has 4 heterocycles. The Morgan fingerprint density at radius 1 is 1.21 bits per heavy atom. The third-order valence-electron chi connectivity index (χ3n) is 5.59. The maximum absolute atomic E-state index is 13.0. The number of pyridine rings is 1. The lowest BCUT2D eigenvalue weighted by Gasteiger charge is -2.19. The number of fused-ring (bicyclic) bond motifs is 1. The average molecular weight is 410 g/mol. The van der Waals surface area contributed by atoms with Crippen molar-refractivity contribution in [1.29, 1.82) is 0 Å². The lowest BCUT2D eigenvalue weighted by atomic mass is 10.1. The minimum Gasteiger partial charge on any atom is -0.477 e. The summed E-state index contributed by atoms with van der Waals surface area (Å²) in [7, 11) is 0. The molecular weight excluding hydrogens is 392 g/mol. The van der Waals surface area contributed by atoms with E-state index in [9.17, 15) is 9.59 Å². The second-order valence-corrected chi connectivity index (χ2v) is 8.28. The van der Waals surface area contributed by atoms with Crippen LogP contribution in [0.2, 0.25) is 0 Å². The Morgan fingerprint density at radius 2 is 2.10 bits per heavy atom. The normalized spacial score (nSPS) is 20.8. The van der Waals surface area contributed by atoms with Crippen LogP contribution < -0.4 is 0 Å². The highest BCUT2D eigenvalue weighted by atomic mass is 32.1. The zero-order valence-electron chi connectivity index (χ0n) is 15.4. The van der Waals surface area contributed by atoms with Crippen LogP contribution >= 0.6 is 11.3 Å². The predicted octanol–water partition coefficient (Wildman–Crippen LogP) is 2.38. The number of carboxylic acids is 1. The SMILES string of the molecule is O=C(O)c1ccc2c(n1)CN(C(=O)C1CCC(n3cc(-c4nccs4)nn3)C1)C2. The van der Waals surface area contributed by atoms with Gasteiger partial charge in [-0.15, -0.1) is 16.4 Å². The van der Waals surface area contributed by atoms with Crippen LogP contribution in [-0.2, 0) is 17.9 Å². The summed E-state index contributed by atoms with van der Waals surface area (Å²) < 4.78 is 1.85. The molecule has 3 aromatic rings. The molecule has 2 unspecified atom stereocenters. The summed E-state index contributed by atoms with van der Waals surface area (Å²) in [5.74, 6) is -1.02. The highest BCUT2D eigenvalue weighted by molar-refractivity contribution is 7.13. The van der Waals surface area contributed by atoms with E-state index in [0.717, 1.165) is 35.5 Å². The summed E-state index contributed by atoms with van der Waals surface area (Å²) >= 11 is 1.52. The van der Waals surface area contributed by atoms with Crippen molar-refractivity contribution in [2.75, 3.05) is 0 Å². The Labute approximate surface area is 170 Å². The Balaban J connectivity index is 1.25. The summed E-state index contributed by atoms with van der Waals surface area (Å²) in [5.41, 5.74) is 2.37. The monoisotopic (exact) mass is 410 g/mol. The Hall–Kier alpha value is -3.14. The second-order valence-electron chi connectivity index (χ2n) is 7.39. The molecule has 29 heavy (non-hydrogen) atoms. The molecule has 9 nitrogen and oxygen atoms in total. The van der Waals surface area contributed by atoms with Crippen LogP contribution in [0.3, 0.4) is 0 Å². The van der Waals surface area contributed by atoms with Crippen molar-refractivity contribution in [3.63, 3.8) is 0 Å². The van der Waals surface area contributed by atoms with Gasteiger partial charge in [-0.25, -0.2) is 19.4 Å². The van der Waals surface area contributed by atoms with Crippen LogP contribution in [0.4, 0.5) is 0 Å². The van der Waals surface area contributed by atoms with Crippen LogP contribution in [-0.4, -0.2) is 46.8 Å². The van der Waals surface area contributed by atoms with Crippen LogP contribution in [0.1, 0.15) is 47.1 Å². The number of amides is 1. The fourth-order valence-corrected chi connectivity index (χ4v) is 4.70. The Kier molecular flexibility index (Phi) is 4.35. The van der Waals surface area contributed by atoms with E-state index in [0.29, 0.717) is 18.8 Å². The van der Waals surface area contributed by atoms with Crippen molar-refractivity contribution in [3.05, 3.63) is 46.9 Å². The molecule has 10 heteroatoms. The molecule has 3 aromatic heterocycles. The number of nitrogens with zero attached hydrogens (tertiary/aromatic N) is 6. The number of hydrogen-bond acceptors (Lipinski definition) is 7. The number of rotatable bonds is 4. The summed E-state index contributed by atoms with van der Waals surface area (Å²) in [6, 6.07) is 3.39. The highest BCUT2D eigenvalue weighted by Crippen LogP contribution is 2.37. The first-order chi connectivity index (χ1) is 14.1. The maximum Gasteiger partial charge on any atom is 0.354 e. The molecular formula is C19H18N6O3S. The van der Waals surface area contributed by atoms with Gasteiger partial charge in [-0.3, -0.25) is 4.79 Å². The number of thiazole rings is 1.